The van der Waals surface area contributed by atoms with Gasteiger partial charge in [-0.2, -0.15) is 0 Å². The summed E-state index contributed by atoms with van der Waals surface area (Å²) in [6.45, 7) is 2.31. The van der Waals surface area contributed by atoms with E-state index >= 15 is 0 Å². The van der Waals surface area contributed by atoms with Crippen molar-refractivity contribution in [3.8, 4) is 0 Å². The van der Waals surface area contributed by atoms with Crippen molar-refractivity contribution < 1.29 is 19.4 Å². The summed E-state index contributed by atoms with van der Waals surface area (Å²) >= 11 is 5.82. The fraction of sp³-hybridized carbons (Fsp3) is 0.412. The third-order valence-electron chi connectivity index (χ3n) is 3.28. The number of carbonyl (C=O) groups excluding carboxylic acids is 2. The van der Waals surface area contributed by atoms with Crippen LogP contribution in [-0.4, -0.2) is 48.7 Å². The molecular weight excluding hydrogens is 318 g/mol. The lowest BCUT2D eigenvalue weighted by atomic mass is 10.1. The predicted octanol–water partition coefficient (Wildman–Crippen LogP) is 2.37. The first-order valence-electron chi connectivity index (χ1n) is 7.39. The van der Waals surface area contributed by atoms with Crippen LogP contribution >= 0.6 is 11.6 Å². The summed E-state index contributed by atoms with van der Waals surface area (Å²) < 4.78 is 4.68. The lowest BCUT2D eigenvalue weighted by Crippen LogP contribution is -2.37. The van der Waals surface area contributed by atoms with E-state index in [0.29, 0.717) is 18.0 Å². The van der Waals surface area contributed by atoms with Crippen molar-refractivity contribution in [2.45, 2.75) is 13.3 Å². The Balaban J connectivity index is 2.74. The lowest BCUT2D eigenvalue weighted by molar-refractivity contribution is -0.146. The number of hydrogen-bond donors (Lipinski definition) is 1. The molecule has 0 aliphatic rings. The zero-order valence-corrected chi connectivity index (χ0v) is 14.1. The van der Waals surface area contributed by atoms with Crippen molar-refractivity contribution in [2.24, 2.45) is 5.92 Å². The van der Waals surface area contributed by atoms with E-state index in [1.807, 2.05) is 0 Å². The molecule has 1 rings (SSSR count). The molecule has 1 aromatic carbocycles. The highest BCUT2D eigenvalue weighted by atomic mass is 35.5. The minimum absolute atomic E-state index is 0.0166. The molecule has 0 heterocycles. The molecule has 0 radical (unpaired) electrons. The Hall–Kier alpha value is -1.85. The Morgan fingerprint density at radius 1 is 1.35 bits per heavy atom. The first-order valence-corrected chi connectivity index (χ1v) is 7.77. The van der Waals surface area contributed by atoms with Gasteiger partial charge in [0.1, 0.15) is 0 Å². The van der Waals surface area contributed by atoms with Crippen LogP contribution in [0.3, 0.4) is 0 Å². The smallest absolute Gasteiger partial charge is 0.310 e. The van der Waals surface area contributed by atoms with Crippen LogP contribution in [0.2, 0.25) is 5.02 Å². The van der Waals surface area contributed by atoms with Gasteiger partial charge in [-0.15, -0.1) is 0 Å². The van der Waals surface area contributed by atoms with Crippen LogP contribution in [0, 0.1) is 5.92 Å². The number of nitrogens with zero attached hydrogens (tertiary/aromatic N) is 1. The second kappa shape index (κ2) is 10.0. The quantitative estimate of drug-likeness (QED) is 0.583. The van der Waals surface area contributed by atoms with Crippen molar-refractivity contribution in [3.63, 3.8) is 0 Å². The normalized spacial score (nSPS) is 12.2. The minimum atomic E-state index is -0.424. The van der Waals surface area contributed by atoms with Crippen LogP contribution in [-0.2, 0) is 14.3 Å². The maximum Gasteiger partial charge on any atom is 0.310 e. The van der Waals surface area contributed by atoms with Crippen molar-refractivity contribution in [1.29, 1.82) is 0 Å². The van der Waals surface area contributed by atoms with Crippen molar-refractivity contribution in [3.05, 3.63) is 40.9 Å². The molecule has 0 aromatic heterocycles. The molecular formula is C17H22ClNO4. The number of ether oxygens (including phenoxy) is 1. The average Bonchev–Trinajstić information content (AvgIpc) is 2.56. The molecule has 0 aliphatic carbocycles. The number of amides is 1. The maximum absolute atomic E-state index is 12.3. The molecule has 0 fully saturated rings. The predicted molar refractivity (Wildman–Crippen MR) is 89.9 cm³/mol. The average molecular weight is 340 g/mol. The van der Waals surface area contributed by atoms with E-state index in [2.05, 4.69) is 4.74 Å². The summed E-state index contributed by atoms with van der Waals surface area (Å²) in [5.74, 6) is -1.01. The molecule has 1 unspecified atom stereocenters. The minimum Gasteiger partial charge on any atom is -0.469 e. The Morgan fingerprint density at radius 3 is 2.57 bits per heavy atom. The number of carbonyl (C=O) groups is 2. The van der Waals surface area contributed by atoms with Crippen LogP contribution in [0.5, 0.6) is 0 Å². The number of aliphatic hydroxyl groups is 1. The van der Waals surface area contributed by atoms with Gasteiger partial charge in [0.2, 0.25) is 5.91 Å². The summed E-state index contributed by atoms with van der Waals surface area (Å²) in [5.41, 5.74) is 0.853. The van der Waals surface area contributed by atoms with E-state index < -0.39 is 5.92 Å². The first kappa shape index (κ1) is 19.2. The van der Waals surface area contributed by atoms with Gasteiger partial charge in [0.25, 0.3) is 0 Å². The van der Waals surface area contributed by atoms with Gasteiger partial charge >= 0.3 is 5.97 Å². The molecule has 23 heavy (non-hydrogen) atoms. The third kappa shape index (κ3) is 6.84. The summed E-state index contributed by atoms with van der Waals surface area (Å²) in [6.07, 6.45) is 3.59. The molecule has 0 spiro atoms. The zero-order valence-electron chi connectivity index (χ0n) is 13.4. The third-order valence-corrected chi connectivity index (χ3v) is 3.54. The fourth-order valence-electron chi connectivity index (χ4n) is 2.01. The van der Waals surface area contributed by atoms with Gasteiger partial charge in [-0.25, -0.2) is 0 Å². The molecule has 0 bridgehead atoms. The van der Waals surface area contributed by atoms with E-state index in [-0.39, 0.29) is 25.0 Å². The maximum atomic E-state index is 12.3. The number of hydrogen-bond acceptors (Lipinski definition) is 4. The van der Waals surface area contributed by atoms with Gasteiger partial charge in [-0.05, 0) is 30.2 Å². The topological polar surface area (TPSA) is 66.8 Å². The van der Waals surface area contributed by atoms with Crippen molar-refractivity contribution >= 4 is 29.6 Å². The monoisotopic (exact) mass is 339 g/mol. The molecule has 5 nitrogen and oxygen atoms in total. The Kier molecular flexibility index (Phi) is 8.37. The van der Waals surface area contributed by atoms with Gasteiger partial charge in [0.05, 0.1) is 13.0 Å². The van der Waals surface area contributed by atoms with Crippen molar-refractivity contribution in [2.75, 3.05) is 26.8 Å². The van der Waals surface area contributed by atoms with E-state index in [1.165, 1.54) is 18.1 Å². The van der Waals surface area contributed by atoms with Crippen molar-refractivity contribution in [1.82, 2.24) is 4.90 Å². The molecule has 1 N–H and O–H groups in total. The Morgan fingerprint density at radius 2 is 2.00 bits per heavy atom. The zero-order chi connectivity index (χ0) is 17.2. The Bertz CT molecular complexity index is 542. The van der Waals surface area contributed by atoms with Crippen LogP contribution in [0.25, 0.3) is 6.08 Å². The Labute approximate surface area is 141 Å². The molecule has 0 aliphatic heterocycles. The second-order valence-electron chi connectivity index (χ2n) is 5.17. The SMILES string of the molecule is COC(=O)C(C)CN(CCCO)C(=O)/C=C/c1ccc(Cl)cc1. The molecule has 0 saturated carbocycles. The summed E-state index contributed by atoms with van der Waals surface area (Å²) in [6, 6.07) is 7.10. The highest BCUT2D eigenvalue weighted by molar-refractivity contribution is 6.30. The van der Waals surface area contributed by atoms with E-state index in [0.717, 1.165) is 5.56 Å². The molecule has 0 saturated heterocycles. The summed E-state index contributed by atoms with van der Waals surface area (Å²) in [5, 5.41) is 9.59. The number of aliphatic hydroxyl groups excluding tert-OH is 1. The van der Waals surface area contributed by atoms with E-state index in [9.17, 15) is 9.59 Å². The van der Waals surface area contributed by atoms with E-state index in [1.54, 1.807) is 37.3 Å². The van der Waals surface area contributed by atoms with Gasteiger partial charge in [0.15, 0.2) is 0 Å². The first-order chi connectivity index (χ1) is 11.0. The number of esters is 1. The number of rotatable bonds is 8. The summed E-state index contributed by atoms with van der Waals surface area (Å²) in [7, 11) is 1.32. The van der Waals surface area contributed by atoms with Gasteiger partial charge in [0, 0.05) is 30.8 Å². The highest BCUT2D eigenvalue weighted by Gasteiger charge is 2.19. The van der Waals surface area contributed by atoms with E-state index in [4.69, 9.17) is 16.7 Å². The molecule has 1 aromatic rings. The molecule has 1 amide bonds. The molecule has 126 valence electrons. The summed E-state index contributed by atoms with van der Waals surface area (Å²) in [4.78, 5) is 25.4. The molecule has 1 atom stereocenters. The lowest BCUT2D eigenvalue weighted by Gasteiger charge is -2.23. The second-order valence-corrected chi connectivity index (χ2v) is 5.61. The largest absolute Gasteiger partial charge is 0.469 e. The fourth-order valence-corrected chi connectivity index (χ4v) is 2.13. The molecule has 6 heteroatoms. The van der Waals surface area contributed by atoms with Crippen LogP contribution in [0.15, 0.2) is 30.3 Å². The standard InChI is InChI=1S/C17H22ClNO4/c1-13(17(22)23-2)12-19(10-3-11-20)16(21)9-6-14-4-7-15(18)8-5-14/h4-9,13,20H,3,10-12H2,1-2H3/b9-6+. The van der Waals surface area contributed by atoms with Gasteiger partial charge in [-0.1, -0.05) is 30.7 Å². The van der Waals surface area contributed by atoms with Gasteiger partial charge in [-0.3, -0.25) is 9.59 Å². The van der Waals surface area contributed by atoms with Crippen LogP contribution in [0.1, 0.15) is 18.9 Å². The number of methoxy groups -OCH3 is 1. The number of benzene rings is 1. The number of halogens is 1. The van der Waals surface area contributed by atoms with Crippen LogP contribution in [0.4, 0.5) is 0 Å². The van der Waals surface area contributed by atoms with Gasteiger partial charge < -0.3 is 14.7 Å². The highest BCUT2D eigenvalue weighted by Crippen LogP contribution is 2.11. The van der Waals surface area contributed by atoms with Crippen LogP contribution < -0.4 is 0 Å².